The molecule has 0 unspecified atom stereocenters. The predicted molar refractivity (Wildman–Crippen MR) is 55.1 cm³/mol. The maximum absolute atomic E-state index is 13.0. The Morgan fingerprint density at radius 2 is 1.70 bits per heavy atom. The number of amides is 1. The van der Waals surface area contributed by atoms with Gasteiger partial charge >= 0.3 is 12.4 Å². The third-order valence-corrected chi connectivity index (χ3v) is 2.08. The molecule has 1 aromatic carbocycles. The fourth-order valence-electron chi connectivity index (χ4n) is 1.29. The van der Waals surface area contributed by atoms with Gasteiger partial charge in [-0.2, -0.15) is 26.3 Å². The van der Waals surface area contributed by atoms with Crippen molar-refractivity contribution in [3.8, 4) is 0 Å². The molecule has 0 aromatic heterocycles. The molecule has 0 atom stereocenters. The van der Waals surface area contributed by atoms with Crippen LogP contribution >= 0.6 is 0 Å². The van der Waals surface area contributed by atoms with E-state index in [1.807, 2.05) is 0 Å². The highest BCUT2D eigenvalue weighted by Gasteiger charge is 2.35. The topological polar surface area (TPSA) is 55.1 Å². The molecular weight excluding hydrogens is 297 g/mol. The van der Waals surface area contributed by atoms with E-state index in [0.29, 0.717) is 0 Å². The van der Waals surface area contributed by atoms with Crippen molar-refractivity contribution >= 4 is 17.3 Å². The van der Waals surface area contributed by atoms with Crippen LogP contribution in [0.25, 0.3) is 0 Å². The molecule has 0 spiro atoms. The molecule has 112 valence electrons. The summed E-state index contributed by atoms with van der Waals surface area (Å²) in [6.07, 6.45) is -11.8. The van der Waals surface area contributed by atoms with Crippen LogP contribution in [0.15, 0.2) is 12.1 Å². The van der Waals surface area contributed by atoms with Crippen molar-refractivity contribution in [3.05, 3.63) is 23.5 Å². The first kappa shape index (κ1) is 16.1. The smallest absolute Gasteiger partial charge is 0.397 e. The lowest BCUT2D eigenvalue weighted by molar-refractivity contribution is -0.150. The minimum Gasteiger partial charge on any atom is -0.397 e. The van der Waals surface area contributed by atoms with E-state index in [1.165, 1.54) is 0 Å². The number of anilines is 2. The van der Waals surface area contributed by atoms with Crippen LogP contribution in [0.5, 0.6) is 0 Å². The summed E-state index contributed by atoms with van der Waals surface area (Å²) in [5.74, 6) is -3.30. The number of hydrogen-bond donors (Lipinski definition) is 2. The predicted octanol–water partition coefficient (Wildman–Crippen LogP) is 3.32. The summed E-state index contributed by atoms with van der Waals surface area (Å²) in [6.45, 7) is 0. The monoisotopic (exact) mass is 304 g/mol. The summed E-state index contributed by atoms with van der Waals surface area (Å²) in [7, 11) is 0. The van der Waals surface area contributed by atoms with Gasteiger partial charge in [-0.25, -0.2) is 4.39 Å². The molecule has 3 nitrogen and oxygen atoms in total. The van der Waals surface area contributed by atoms with Crippen LogP contribution in [0.2, 0.25) is 0 Å². The molecule has 0 radical (unpaired) electrons. The maximum Gasteiger partial charge on any atom is 0.419 e. The molecule has 1 amide bonds. The van der Waals surface area contributed by atoms with Gasteiger partial charge in [0.2, 0.25) is 5.91 Å². The van der Waals surface area contributed by atoms with Gasteiger partial charge in [0.05, 0.1) is 16.9 Å². The molecule has 0 saturated heterocycles. The lowest BCUT2D eigenvalue weighted by atomic mass is 10.1. The first-order chi connectivity index (χ1) is 8.90. The molecule has 0 aliphatic heterocycles. The van der Waals surface area contributed by atoms with E-state index in [-0.39, 0.29) is 12.1 Å². The average Bonchev–Trinajstić information content (AvgIpc) is 2.17. The number of hydrogen-bond acceptors (Lipinski definition) is 2. The summed E-state index contributed by atoms with van der Waals surface area (Å²) < 4.78 is 86.0. The molecule has 1 aromatic rings. The van der Waals surface area contributed by atoms with Gasteiger partial charge in [0, 0.05) is 0 Å². The molecule has 0 saturated carbocycles. The van der Waals surface area contributed by atoms with Gasteiger partial charge in [-0.1, -0.05) is 0 Å². The van der Waals surface area contributed by atoms with Gasteiger partial charge < -0.3 is 11.1 Å². The van der Waals surface area contributed by atoms with Crippen molar-refractivity contribution in [2.24, 2.45) is 0 Å². The summed E-state index contributed by atoms with van der Waals surface area (Å²) in [6, 6.07) is 0.408. The van der Waals surface area contributed by atoms with E-state index >= 15 is 0 Å². The zero-order chi connectivity index (χ0) is 15.7. The summed E-state index contributed by atoms with van der Waals surface area (Å²) in [4.78, 5) is 11.0. The Morgan fingerprint density at radius 3 is 2.15 bits per heavy atom. The van der Waals surface area contributed by atoms with E-state index in [4.69, 9.17) is 5.73 Å². The lowest BCUT2D eigenvalue weighted by Gasteiger charge is -2.14. The number of nitrogens with one attached hydrogen (secondary N) is 1. The van der Waals surface area contributed by atoms with Crippen molar-refractivity contribution in [3.63, 3.8) is 0 Å². The lowest BCUT2D eigenvalue weighted by Crippen LogP contribution is -2.22. The van der Waals surface area contributed by atoms with Crippen molar-refractivity contribution in [1.82, 2.24) is 0 Å². The number of carbonyl (C=O) groups excluding carboxylic acids is 1. The Bertz CT molecular complexity index is 522. The fourth-order valence-corrected chi connectivity index (χ4v) is 1.29. The fraction of sp³-hybridized carbons (Fsp3) is 0.300. The first-order valence-corrected chi connectivity index (χ1v) is 4.93. The van der Waals surface area contributed by atoms with E-state index in [0.717, 1.165) is 0 Å². The minimum atomic E-state index is -5.07. The van der Waals surface area contributed by atoms with Crippen LogP contribution in [-0.4, -0.2) is 12.1 Å². The van der Waals surface area contributed by atoms with Crippen molar-refractivity contribution in [1.29, 1.82) is 0 Å². The van der Waals surface area contributed by atoms with Crippen molar-refractivity contribution in [2.75, 3.05) is 11.1 Å². The Kier molecular flexibility index (Phi) is 4.15. The number of carbonyl (C=O) groups is 1. The third-order valence-electron chi connectivity index (χ3n) is 2.08. The van der Waals surface area contributed by atoms with Gasteiger partial charge in [0.15, 0.2) is 0 Å². The molecule has 0 bridgehead atoms. The molecule has 3 N–H and O–H groups in total. The highest BCUT2D eigenvalue weighted by molar-refractivity contribution is 5.94. The Hall–Kier alpha value is -2.00. The largest absolute Gasteiger partial charge is 0.419 e. The van der Waals surface area contributed by atoms with Crippen LogP contribution in [0.3, 0.4) is 0 Å². The van der Waals surface area contributed by atoms with Crippen LogP contribution < -0.4 is 11.1 Å². The van der Waals surface area contributed by atoms with Crippen molar-refractivity contribution < 1.29 is 35.5 Å². The maximum atomic E-state index is 13.0. The molecular formula is C10H7F7N2O. The number of rotatable bonds is 2. The number of nitrogen functional groups attached to an aromatic ring is 1. The minimum absolute atomic E-state index is 0.138. The highest BCUT2D eigenvalue weighted by atomic mass is 19.4. The second-order valence-corrected chi connectivity index (χ2v) is 3.76. The van der Waals surface area contributed by atoms with Gasteiger partial charge in [-0.15, -0.1) is 0 Å². The first-order valence-electron chi connectivity index (χ1n) is 4.93. The average molecular weight is 304 g/mol. The molecule has 0 aliphatic carbocycles. The van der Waals surface area contributed by atoms with Gasteiger partial charge in [0.1, 0.15) is 12.2 Å². The SMILES string of the molecule is Nc1cc(F)c(C(F)(F)F)cc1NC(=O)CC(F)(F)F. The molecule has 0 heterocycles. The third kappa shape index (κ3) is 4.28. The molecule has 0 aliphatic rings. The van der Waals surface area contributed by atoms with Crippen LogP contribution in [0.1, 0.15) is 12.0 Å². The quantitative estimate of drug-likeness (QED) is 0.650. The van der Waals surface area contributed by atoms with E-state index in [1.54, 1.807) is 5.32 Å². The molecule has 0 fully saturated rings. The summed E-state index contributed by atoms with van der Waals surface area (Å²) in [5, 5.41) is 1.56. The molecule has 10 heteroatoms. The Morgan fingerprint density at radius 1 is 1.15 bits per heavy atom. The van der Waals surface area contributed by atoms with Gasteiger partial charge in [-0.05, 0) is 12.1 Å². The second-order valence-electron chi connectivity index (χ2n) is 3.76. The summed E-state index contributed by atoms with van der Waals surface area (Å²) >= 11 is 0. The zero-order valence-electron chi connectivity index (χ0n) is 9.49. The molecule has 1 rings (SSSR count). The van der Waals surface area contributed by atoms with Crippen LogP contribution in [-0.2, 0) is 11.0 Å². The van der Waals surface area contributed by atoms with Gasteiger partial charge in [-0.3, -0.25) is 4.79 Å². The Labute approximate surface area is 107 Å². The zero-order valence-corrected chi connectivity index (χ0v) is 9.49. The number of nitrogens with two attached hydrogens (primary N) is 1. The molecule has 20 heavy (non-hydrogen) atoms. The standard InChI is InChI=1S/C10H7F7N2O/c11-5-2-6(18)7(1-4(5)10(15,16)17)19-8(20)3-9(12,13)14/h1-2H,3,18H2,(H,19,20). The van der Waals surface area contributed by atoms with E-state index in [9.17, 15) is 35.5 Å². The van der Waals surface area contributed by atoms with E-state index < -0.39 is 47.4 Å². The number of alkyl halides is 6. The second kappa shape index (κ2) is 5.17. The Balaban J connectivity index is 3.05. The number of halogens is 7. The normalized spacial score (nSPS) is 12.3. The van der Waals surface area contributed by atoms with Crippen LogP contribution in [0, 0.1) is 5.82 Å². The number of benzene rings is 1. The van der Waals surface area contributed by atoms with E-state index in [2.05, 4.69) is 0 Å². The highest BCUT2D eigenvalue weighted by Crippen LogP contribution is 2.35. The van der Waals surface area contributed by atoms with Crippen LogP contribution in [0.4, 0.5) is 42.1 Å². The summed E-state index contributed by atoms with van der Waals surface area (Å²) in [5.41, 5.74) is 2.04. The van der Waals surface area contributed by atoms with Gasteiger partial charge in [0.25, 0.3) is 0 Å². The van der Waals surface area contributed by atoms with Crippen molar-refractivity contribution in [2.45, 2.75) is 18.8 Å².